The molecule has 0 unspecified atom stereocenters. The van der Waals surface area contributed by atoms with Crippen molar-refractivity contribution in [2.75, 3.05) is 13.1 Å². The maximum Gasteiger partial charge on any atom is 0.410 e. The normalized spacial score (nSPS) is 16.8. The third kappa shape index (κ3) is 2.77. The summed E-state index contributed by atoms with van der Waals surface area (Å²) in [6.45, 7) is 6.79. The molecule has 0 aromatic carbocycles. The number of likely N-dealkylation sites (tertiary alicyclic amines) is 1. The number of hydrogen-bond donors (Lipinski definition) is 0. The fourth-order valence-corrected chi connectivity index (χ4v) is 2.02. The summed E-state index contributed by atoms with van der Waals surface area (Å²) in [4.78, 5) is 13.3. The van der Waals surface area contributed by atoms with Gasteiger partial charge in [-0.3, -0.25) is 0 Å². The number of carbonyl (C=O) groups excluding carboxylic acids is 1. The van der Waals surface area contributed by atoms with Gasteiger partial charge in [0.2, 0.25) is 0 Å². The van der Waals surface area contributed by atoms with Crippen LogP contribution in [0.25, 0.3) is 0 Å². The third-order valence-corrected chi connectivity index (χ3v) is 2.96. The summed E-state index contributed by atoms with van der Waals surface area (Å²) in [5.74, 6) is 0. The molecule has 1 aliphatic rings. The van der Waals surface area contributed by atoms with Crippen molar-refractivity contribution in [2.24, 2.45) is 0 Å². The molecule has 0 aliphatic carbocycles. The van der Waals surface area contributed by atoms with Crippen LogP contribution >= 0.6 is 15.9 Å². The lowest BCUT2D eigenvalue weighted by atomic mass is 10.1. The van der Waals surface area contributed by atoms with Gasteiger partial charge in [-0.15, -0.1) is 5.10 Å². The van der Waals surface area contributed by atoms with E-state index in [1.165, 1.54) is 0 Å². The Balaban J connectivity index is 1.87. The second-order valence-corrected chi connectivity index (χ2v) is 5.85. The van der Waals surface area contributed by atoms with Crippen molar-refractivity contribution in [3.05, 3.63) is 10.8 Å². The van der Waals surface area contributed by atoms with Gasteiger partial charge < -0.3 is 9.64 Å². The van der Waals surface area contributed by atoms with E-state index < -0.39 is 5.60 Å². The highest BCUT2D eigenvalue weighted by Crippen LogP contribution is 2.25. The highest BCUT2D eigenvalue weighted by molar-refractivity contribution is 9.10. The number of rotatable bonds is 1. The molecule has 1 aromatic heterocycles. The van der Waals surface area contributed by atoms with Gasteiger partial charge in [0.05, 0.1) is 12.2 Å². The van der Waals surface area contributed by atoms with Crippen LogP contribution in [0.1, 0.15) is 26.8 Å². The number of ether oxygens (including phenoxy) is 1. The van der Waals surface area contributed by atoms with Crippen LogP contribution in [0.5, 0.6) is 0 Å². The molecule has 7 heteroatoms. The van der Waals surface area contributed by atoms with E-state index in [1.54, 1.807) is 15.8 Å². The van der Waals surface area contributed by atoms with Crippen LogP contribution in [0.3, 0.4) is 0 Å². The largest absolute Gasteiger partial charge is 0.444 e. The van der Waals surface area contributed by atoms with Gasteiger partial charge in [-0.05, 0) is 36.7 Å². The van der Waals surface area contributed by atoms with E-state index >= 15 is 0 Å². The second-order valence-electron chi connectivity index (χ2n) is 5.04. The molecular formula is C10H15BrN4O2. The Morgan fingerprint density at radius 1 is 1.53 bits per heavy atom. The van der Waals surface area contributed by atoms with Crippen LogP contribution in [-0.4, -0.2) is 44.7 Å². The Kier molecular flexibility index (Phi) is 3.11. The van der Waals surface area contributed by atoms with Crippen molar-refractivity contribution in [1.29, 1.82) is 0 Å². The number of carbonyl (C=O) groups is 1. The van der Waals surface area contributed by atoms with E-state index in [4.69, 9.17) is 4.74 Å². The Morgan fingerprint density at radius 2 is 2.18 bits per heavy atom. The maximum absolute atomic E-state index is 11.7. The van der Waals surface area contributed by atoms with Crippen molar-refractivity contribution in [1.82, 2.24) is 19.9 Å². The molecule has 1 aliphatic heterocycles. The smallest absolute Gasteiger partial charge is 0.410 e. The molecule has 0 N–H and O–H groups in total. The first kappa shape index (κ1) is 12.3. The van der Waals surface area contributed by atoms with Gasteiger partial charge in [0, 0.05) is 13.1 Å². The van der Waals surface area contributed by atoms with E-state index in [9.17, 15) is 4.79 Å². The minimum absolute atomic E-state index is 0.180. The number of nitrogens with zero attached hydrogens (tertiary/aromatic N) is 4. The Morgan fingerprint density at radius 3 is 2.65 bits per heavy atom. The van der Waals surface area contributed by atoms with Crippen LogP contribution in [0, 0.1) is 0 Å². The minimum Gasteiger partial charge on any atom is -0.444 e. The zero-order valence-corrected chi connectivity index (χ0v) is 11.6. The molecule has 1 fully saturated rings. The fraction of sp³-hybridized carbons (Fsp3) is 0.700. The summed E-state index contributed by atoms with van der Waals surface area (Å²) in [6.07, 6.45) is 1.36. The third-order valence-electron chi connectivity index (χ3n) is 2.39. The highest BCUT2D eigenvalue weighted by atomic mass is 79.9. The predicted octanol–water partition coefficient (Wildman–Crippen LogP) is 1.83. The monoisotopic (exact) mass is 302 g/mol. The van der Waals surface area contributed by atoms with E-state index in [0.29, 0.717) is 13.1 Å². The van der Waals surface area contributed by atoms with E-state index in [1.807, 2.05) is 20.8 Å². The number of hydrogen-bond acceptors (Lipinski definition) is 4. The SMILES string of the molecule is CC(C)(C)OC(=O)N1CC(n2nncc2Br)C1. The van der Waals surface area contributed by atoms with Gasteiger partial charge in [0.25, 0.3) is 0 Å². The zero-order valence-electron chi connectivity index (χ0n) is 10.1. The molecule has 0 spiro atoms. The summed E-state index contributed by atoms with van der Waals surface area (Å²) in [7, 11) is 0. The summed E-state index contributed by atoms with van der Waals surface area (Å²) >= 11 is 3.35. The number of halogens is 1. The van der Waals surface area contributed by atoms with Crippen LogP contribution < -0.4 is 0 Å². The van der Waals surface area contributed by atoms with Crippen LogP contribution in [-0.2, 0) is 4.74 Å². The maximum atomic E-state index is 11.7. The topological polar surface area (TPSA) is 60.2 Å². The summed E-state index contributed by atoms with van der Waals surface area (Å²) in [5, 5.41) is 7.73. The van der Waals surface area contributed by atoms with Gasteiger partial charge in [0.15, 0.2) is 0 Å². The standard InChI is InChI=1S/C10H15BrN4O2/c1-10(2,3)17-9(16)14-5-7(6-14)15-8(11)4-12-13-15/h4,7H,5-6H2,1-3H3. The molecule has 0 bridgehead atoms. The van der Waals surface area contributed by atoms with Gasteiger partial charge in [-0.1, -0.05) is 5.21 Å². The first-order valence-electron chi connectivity index (χ1n) is 5.40. The number of aromatic nitrogens is 3. The molecule has 17 heavy (non-hydrogen) atoms. The molecule has 1 amide bonds. The summed E-state index contributed by atoms with van der Waals surface area (Å²) < 4.78 is 7.86. The quantitative estimate of drug-likeness (QED) is 0.794. The van der Waals surface area contributed by atoms with Crippen molar-refractivity contribution in [2.45, 2.75) is 32.4 Å². The summed E-state index contributed by atoms with van der Waals surface area (Å²) in [6, 6.07) is 0.180. The first-order valence-corrected chi connectivity index (χ1v) is 6.20. The lowest BCUT2D eigenvalue weighted by Gasteiger charge is -2.39. The molecule has 94 valence electrons. The molecule has 1 saturated heterocycles. The average Bonchev–Trinajstić information content (AvgIpc) is 2.46. The molecule has 1 aromatic rings. The molecule has 0 radical (unpaired) electrons. The summed E-state index contributed by atoms with van der Waals surface area (Å²) in [5.41, 5.74) is -0.448. The zero-order chi connectivity index (χ0) is 12.6. The lowest BCUT2D eigenvalue weighted by molar-refractivity contribution is -0.000905. The first-order chi connectivity index (χ1) is 7.87. The Bertz CT molecular complexity index is 420. The van der Waals surface area contributed by atoms with Crippen LogP contribution in [0.15, 0.2) is 10.8 Å². The molecule has 0 atom stereocenters. The molecule has 6 nitrogen and oxygen atoms in total. The Hall–Kier alpha value is -1.11. The molecular weight excluding hydrogens is 288 g/mol. The highest BCUT2D eigenvalue weighted by Gasteiger charge is 2.35. The van der Waals surface area contributed by atoms with Crippen molar-refractivity contribution in [3.63, 3.8) is 0 Å². The van der Waals surface area contributed by atoms with Crippen molar-refractivity contribution >= 4 is 22.0 Å². The molecule has 0 saturated carbocycles. The average molecular weight is 303 g/mol. The predicted molar refractivity (Wildman–Crippen MR) is 64.6 cm³/mol. The fourth-order valence-electron chi connectivity index (χ4n) is 1.56. The Labute approximate surface area is 108 Å². The molecule has 2 rings (SSSR count). The molecule has 2 heterocycles. The van der Waals surface area contributed by atoms with Crippen molar-refractivity contribution < 1.29 is 9.53 Å². The lowest BCUT2D eigenvalue weighted by Crippen LogP contribution is -2.52. The minimum atomic E-state index is -0.448. The van der Waals surface area contributed by atoms with E-state index in [2.05, 4.69) is 26.2 Å². The van der Waals surface area contributed by atoms with Crippen molar-refractivity contribution in [3.8, 4) is 0 Å². The van der Waals surface area contributed by atoms with E-state index in [0.717, 1.165) is 4.60 Å². The van der Waals surface area contributed by atoms with Gasteiger partial charge in [-0.25, -0.2) is 9.48 Å². The van der Waals surface area contributed by atoms with Gasteiger partial charge in [0.1, 0.15) is 10.2 Å². The van der Waals surface area contributed by atoms with Gasteiger partial charge in [-0.2, -0.15) is 0 Å². The second kappa shape index (κ2) is 4.29. The number of amides is 1. The van der Waals surface area contributed by atoms with Crippen LogP contribution in [0.2, 0.25) is 0 Å². The van der Waals surface area contributed by atoms with Gasteiger partial charge >= 0.3 is 6.09 Å². The van der Waals surface area contributed by atoms with E-state index in [-0.39, 0.29) is 12.1 Å². The van der Waals surface area contributed by atoms with Crippen LogP contribution in [0.4, 0.5) is 4.79 Å².